The summed E-state index contributed by atoms with van der Waals surface area (Å²) in [6.07, 6.45) is 0. The maximum atomic E-state index is 11.5. The standard InChI is InChI=1S/C9H8N2OS/c1-5-3-2-4-6-7(5)8(12)11-9(13)10-6/h2-4H,1H3,(H2,10,11,12,13). The van der Waals surface area contributed by atoms with Crippen molar-refractivity contribution in [2.24, 2.45) is 0 Å². The van der Waals surface area contributed by atoms with Crippen LogP contribution in [-0.4, -0.2) is 9.97 Å². The largest absolute Gasteiger partial charge is 0.332 e. The molecule has 0 amide bonds. The predicted molar refractivity (Wildman–Crippen MR) is 54.5 cm³/mol. The Morgan fingerprint density at radius 2 is 2.08 bits per heavy atom. The summed E-state index contributed by atoms with van der Waals surface area (Å²) in [6, 6.07) is 5.63. The van der Waals surface area contributed by atoms with Gasteiger partial charge in [-0.2, -0.15) is 0 Å². The molecule has 0 aliphatic carbocycles. The lowest BCUT2D eigenvalue weighted by Gasteiger charge is -1.99. The van der Waals surface area contributed by atoms with Gasteiger partial charge in [-0.1, -0.05) is 12.1 Å². The second kappa shape index (κ2) is 2.81. The Kier molecular flexibility index (Phi) is 1.77. The average Bonchev–Trinajstić information content (AvgIpc) is 2.02. The van der Waals surface area contributed by atoms with E-state index in [2.05, 4.69) is 9.97 Å². The molecular weight excluding hydrogens is 184 g/mol. The van der Waals surface area contributed by atoms with Gasteiger partial charge in [0.05, 0.1) is 10.9 Å². The van der Waals surface area contributed by atoms with Gasteiger partial charge in [0.15, 0.2) is 4.77 Å². The second-order valence-electron chi connectivity index (χ2n) is 2.91. The molecule has 13 heavy (non-hydrogen) atoms. The van der Waals surface area contributed by atoms with E-state index in [1.807, 2.05) is 25.1 Å². The molecule has 1 aromatic heterocycles. The smallest absolute Gasteiger partial charge is 0.259 e. The number of hydrogen-bond donors (Lipinski definition) is 2. The van der Waals surface area contributed by atoms with Crippen molar-refractivity contribution < 1.29 is 0 Å². The molecule has 0 saturated carbocycles. The van der Waals surface area contributed by atoms with E-state index in [0.29, 0.717) is 10.2 Å². The van der Waals surface area contributed by atoms with Gasteiger partial charge in [-0.05, 0) is 30.8 Å². The molecule has 0 spiro atoms. The van der Waals surface area contributed by atoms with Gasteiger partial charge in [-0.3, -0.25) is 9.78 Å². The normalized spacial score (nSPS) is 10.5. The summed E-state index contributed by atoms with van der Waals surface area (Å²) < 4.78 is 0.364. The monoisotopic (exact) mass is 192 g/mol. The van der Waals surface area contributed by atoms with Crippen molar-refractivity contribution in [1.29, 1.82) is 0 Å². The van der Waals surface area contributed by atoms with Crippen LogP contribution < -0.4 is 5.56 Å². The van der Waals surface area contributed by atoms with Crippen LogP contribution in [0.25, 0.3) is 10.9 Å². The van der Waals surface area contributed by atoms with Gasteiger partial charge in [-0.25, -0.2) is 0 Å². The maximum absolute atomic E-state index is 11.5. The third-order valence-corrected chi connectivity index (χ3v) is 2.18. The molecule has 0 saturated heterocycles. The molecule has 66 valence electrons. The molecule has 2 rings (SSSR count). The first-order valence-corrected chi connectivity index (χ1v) is 4.31. The predicted octanol–water partition coefficient (Wildman–Crippen LogP) is 1.89. The summed E-state index contributed by atoms with van der Waals surface area (Å²) in [5, 5.41) is 0.677. The van der Waals surface area contributed by atoms with Crippen LogP contribution in [0.15, 0.2) is 23.0 Å². The van der Waals surface area contributed by atoms with Crippen LogP contribution in [0.2, 0.25) is 0 Å². The van der Waals surface area contributed by atoms with Crippen LogP contribution in [0.3, 0.4) is 0 Å². The lowest BCUT2D eigenvalue weighted by atomic mass is 10.1. The van der Waals surface area contributed by atoms with E-state index in [1.165, 1.54) is 0 Å². The summed E-state index contributed by atoms with van der Waals surface area (Å²) in [5.41, 5.74) is 1.61. The fourth-order valence-electron chi connectivity index (χ4n) is 1.39. The molecule has 1 aromatic carbocycles. The highest BCUT2D eigenvalue weighted by Crippen LogP contribution is 2.10. The van der Waals surface area contributed by atoms with Gasteiger partial charge in [0, 0.05) is 0 Å². The van der Waals surface area contributed by atoms with Gasteiger partial charge in [0.25, 0.3) is 5.56 Å². The summed E-state index contributed by atoms with van der Waals surface area (Å²) in [4.78, 5) is 17.0. The van der Waals surface area contributed by atoms with Crippen LogP contribution in [0.5, 0.6) is 0 Å². The highest BCUT2D eigenvalue weighted by Gasteiger charge is 2.00. The zero-order valence-corrected chi connectivity index (χ0v) is 7.87. The minimum atomic E-state index is -0.128. The summed E-state index contributed by atoms with van der Waals surface area (Å²) in [5.74, 6) is 0. The third kappa shape index (κ3) is 1.29. The molecule has 1 heterocycles. The number of rotatable bonds is 0. The van der Waals surface area contributed by atoms with Crippen LogP contribution in [-0.2, 0) is 0 Å². The molecule has 2 N–H and O–H groups in total. The quantitative estimate of drug-likeness (QED) is 0.626. The van der Waals surface area contributed by atoms with Gasteiger partial charge in [-0.15, -0.1) is 0 Å². The molecule has 0 aliphatic heterocycles. The van der Waals surface area contributed by atoms with Crippen molar-refractivity contribution in [1.82, 2.24) is 9.97 Å². The fraction of sp³-hybridized carbons (Fsp3) is 0.111. The van der Waals surface area contributed by atoms with Crippen LogP contribution in [0.1, 0.15) is 5.56 Å². The van der Waals surface area contributed by atoms with Crippen molar-refractivity contribution in [2.75, 3.05) is 0 Å². The van der Waals surface area contributed by atoms with Crippen molar-refractivity contribution >= 4 is 23.1 Å². The second-order valence-corrected chi connectivity index (χ2v) is 3.31. The molecule has 0 radical (unpaired) electrons. The van der Waals surface area contributed by atoms with E-state index >= 15 is 0 Å². The first-order chi connectivity index (χ1) is 6.18. The number of hydrogen-bond acceptors (Lipinski definition) is 2. The Hall–Kier alpha value is -1.42. The zero-order chi connectivity index (χ0) is 9.42. The number of aryl methyl sites for hydroxylation is 1. The number of aromatic amines is 2. The number of aromatic nitrogens is 2. The Morgan fingerprint density at radius 3 is 2.85 bits per heavy atom. The van der Waals surface area contributed by atoms with E-state index in [1.54, 1.807) is 0 Å². The Morgan fingerprint density at radius 1 is 1.31 bits per heavy atom. The molecular formula is C9H8N2OS. The number of benzene rings is 1. The molecule has 0 fully saturated rings. The lowest BCUT2D eigenvalue weighted by Crippen LogP contribution is -2.08. The third-order valence-electron chi connectivity index (χ3n) is 1.98. The topological polar surface area (TPSA) is 48.6 Å². The molecule has 4 heteroatoms. The first kappa shape index (κ1) is 8.19. The lowest BCUT2D eigenvalue weighted by molar-refractivity contribution is 1.13. The highest BCUT2D eigenvalue weighted by molar-refractivity contribution is 7.71. The minimum absolute atomic E-state index is 0.128. The van der Waals surface area contributed by atoms with E-state index in [9.17, 15) is 4.79 Å². The van der Waals surface area contributed by atoms with E-state index in [4.69, 9.17) is 12.2 Å². The van der Waals surface area contributed by atoms with Gasteiger partial charge < -0.3 is 4.98 Å². The Labute approximate surface area is 79.4 Å². The van der Waals surface area contributed by atoms with Crippen molar-refractivity contribution in [3.05, 3.63) is 38.9 Å². The van der Waals surface area contributed by atoms with Crippen molar-refractivity contribution in [3.63, 3.8) is 0 Å². The average molecular weight is 192 g/mol. The van der Waals surface area contributed by atoms with Gasteiger partial charge in [0.1, 0.15) is 0 Å². The molecule has 0 bridgehead atoms. The molecule has 0 atom stereocenters. The fourth-order valence-corrected chi connectivity index (χ4v) is 1.60. The van der Waals surface area contributed by atoms with Gasteiger partial charge in [0.2, 0.25) is 0 Å². The molecule has 2 aromatic rings. The van der Waals surface area contributed by atoms with E-state index in [0.717, 1.165) is 11.1 Å². The first-order valence-electron chi connectivity index (χ1n) is 3.90. The van der Waals surface area contributed by atoms with Crippen molar-refractivity contribution in [2.45, 2.75) is 6.92 Å². The van der Waals surface area contributed by atoms with Crippen LogP contribution in [0.4, 0.5) is 0 Å². The van der Waals surface area contributed by atoms with Gasteiger partial charge >= 0.3 is 0 Å². The summed E-state index contributed by atoms with van der Waals surface area (Å²) in [6.45, 7) is 1.90. The number of H-pyrrole nitrogens is 2. The van der Waals surface area contributed by atoms with E-state index in [-0.39, 0.29) is 5.56 Å². The van der Waals surface area contributed by atoms with Crippen molar-refractivity contribution in [3.8, 4) is 0 Å². The zero-order valence-electron chi connectivity index (χ0n) is 7.05. The summed E-state index contributed by atoms with van der Waals surface area (Å²) >= 11 is 4.86. The Bertz CT molecular complexity index is 568. The Balaban J connectivity index is 3.12. The van der Waals surface area contributed by atoms with Crippen LogP contribution >= 0.6 is 12.2 Å². The molecule has 3 nitrogen and oxygen atoms in total. The minimum Gasteiger partial charge on any atom is -0.332 e. The number of nitrogens with one attached hydrogen (secondary N) is 2. The molecule has 0 aliphatic rings. The van der Waals surface area contributed by atoms with Crippen LogP contribution in [0, 0.1) is 11.7 Å². The molecule has 0 unspecified atom stereocenters. The number of fused-ring (bicyclic) bond motifs is 1. The maximum Gasteiger partial charge on any atom is 0.259 e. The summed E-state index contributed by atoms with van der Waals surface area (Å²) in [7, 11) is 0. The SMILES string of the molecule is Cc1cccc2[nH]c(=S)[nH]c(=O)c12. The van der Waals surface area contributed by atoms with E-state index < -0.39 is 0 Å². The highest BCUT2D eigenvalue weighted by atomic mass is 32.1.